The average Bonchev–Trinajstić information content (AvgIpc) is 2.61. The largest absolute Gasteiger partial charge is 0.354 e. The molecule has 0 amide bonds. The van der Waals surface area contributed by atoms with Crippen molar-refractivity contribution in [2.75, 3.05) is 0 Å². The van der Waals surface area contributed by atoms with Crippen molar-refractivity contribution in [3.8, 4) is 0 Å². The molecule has 126 valence electrons. The lowest BCUT2D eigenvalue weighted by atomic mass is 10.1. The fraction of sp³-hybridized carbons (Fsp3) is 0. The zero-order valence-electron chi connectivity index (χ0n) is 13.2. The number of H-pyrrole nitrogens is 2. The number of aromatic nitrogens is 2. The van der Waals surface area contributed by atoms with E-state index in [0.717, 1.165) is 0 Å². The number of hydrogen-bond acceptors (Lipinski definition) is 2. The Morgan fingerprint density at radius 2 is 1.31 bits per heavy atom. The molecular weight excluding hydrogens is 371 g/mol. The van der Waals surface area contributed by atoms with Gasteiger partial charge in [-0.05, 0) is 42.5 Å². The summed E-state index contributed by atoms with van der Waals surface area (Å²) < 4.78 is 0. The van der Waals surface area contributed by atoms with Gasteiger partial charge in [0.1, 0.15) is 0 Å². The van der Waals surface area contributed by atoms with Gasteiger partial charge in [0.05, 0.1) is 32.5 Å². The zero-order chi connectivity index (χ0) is 18.0. The maximum Gasteiger partial charge on any atom is 0.198 e. The van der Waals surface area contributed by atoms with Crippen molar-refractivity contribution in [2.45, 2.75) is 0 Å². The van der Waals surface area contributed by atoms with E-state index in [1.165, 1.54) is 0 Å². The highest BCUT2D eigenvalue weighted by molar-refractivity contribution is 6.35. The van der Waals surface area contributed by atoms with Crippen LogP contribution in [0.15, 0.2) is 58.1 Å². The van der Waals surface area contributed by atoms with E-state index >= 15 is 0 Å². The number of rotatable bonds is 0. The average molecular weight is 381 g/mol. The Bertz CT molecular complexity index is 1500. The van der Waals surface area contributed by atoms with E-state index in [4.69, 9.17) is 23.2 Å². The van der Waals surface area contributed by atoms with E-state index in [1.807, 2.05) is 0 Å². The van der Waals surface area contributed by atoms with Gasteiger partial charge in [-0.1, -0.05) is 29.3 Å². The fourth-order valence-corrected chi connectivity index (χ4v) is 3.86. The molecule has 5 rings (SSSR count). The molecule has 0 unspecified atom stereocenters. The minimum absolute atomic E-state index is 0.112. The molecule has 2 N–H and O–H groups in total. The standard InChI is InChI=1S/C20H10Cl2N2O2/c21-9-4-5-10-15(6-9)24-16-8-12-17(7-11(16)19(10)25)23-14-3-1-2-13(22)18(14)20(12)26/h1-8H,(H,23,26)(H,24,25). The number of nitrogens with one attached hydrogen (secondary N) is 2. The molecule has 0 spiro atoms. The van der Waals surface area contributed by atoms with E-state index in [-0.39, 0.29) is 10.9 Å². The van der Waals surface area contributed by atoms with Crippen molar-refractivity contribution in [3.63, 3.8) is 0 Å². The Kier molecular flexibility index (Phi) is 3.17. The van der Waals surface area contributed by atoms with Gasteiger partial charge in [0.25, 0.3) is 0 Å². The maximum absolute atomic E-state index is 12.9. The van der Waals surface area contributed by atoms with E-state index in [0.29, 0.717) is 53.7 Å². The number of benzene rings is 3. The second kappa shape index (κ2) is 5.34. The Morgan fingerprint density at radius 1 is 0.654 bits per heavy atom. The van der Waals surface area contributed by atoms with Gasteiger partial charge in [-0.25, -0.2) is 0 Å². The van der Waals surface area contributed by atoms with Crippen LogP contribution in [0.1, 0.15) is 0 Å². The Labute approximate surface area is 156 Å². The van der Waals surface area contributed by atoms with Gasteiger partial charge >= 0.3 is 0 Å². The molecule has 0 bridgehead atoms. The van der Waals surface area contributed by atoms with Crippen LogP contribution >= 0.6 is 23.2 Å². The van der Waals surface area contributed by atoms with Crippen molar-refractivity contribution in [3.05, 3.63) is 79.0 Å². The predicted octanol–water partition coefficient (Wildman–Crippen LogP) is 4.98. The van der Waals surface area contributed by atoms with Crippen LogP contribution < -0.4 is 10.9 Å². The Balaban J connectivity index is 2.02. The summed E-state index contributed by atoms with van der Waals surface area (Å²) in [5.74, 6) is 0. The number of fused-ring (bicyclic) bond motifs is 4. The molecule has 0 fully saturated rings. The summed E-state index contributed by atoms with van der Waals surface area (Å²) in [7, 11) is 0. The molecule has 3 aromatic carbocycles. The van der Waals surface area contributed by atoms with Gasteiger partial charge in [0.15, 0.2) is 10.9 Å². The van der Waals surface area contributed by atoms with Crippen LogP contribution in [0.2, 0.25) is 10.0 Å². The summed E-state index contributed by atoms with van der Waals surface area (Å²) in [5, 5.41) is 2.88. The van der Waals surface area contributed by atoms with Crippen LogP contribution in [0.3, 0.4) is 0 Å². The molecule has 2 aromatic heterocycles. The van der Waals surface area contributed by atoms with Gasteiger partial charge in [-0.2, -0.15) is 0 Å². The normalized spacial score (nSPS) is 11.8. The highest BCUT2D eigenvalue weighted by Crippen LogP contribution is 2.25. The fourth-order valence-electron chi connectivity index (χ4n) is 3.43. The SMILES string of the molecule is O=c1c2ccc(Cl)cc2[nH]c2cc3c(=O)c4c(Cl)cccc4[nH]c3cc12. The van der Waals surface area contributed by atoms with E-state index in [1.54, 1.807) is 48.5 Å². The second-order valence-corrected chi connectivity index (χ2v) is 7.05. The van der Waals surface area contributed by atoms with Crippen molar-refractivity contribution < 1.29 is 0 Å². The van der Waals surface area contributed by atoms with Crippen molar-refractivity contribution in [1.29, 1.82) is 0 Å². The first kappa shape index (κ1) is 15.4. The number of hydrogen-bond donors (Lipinski definition) is 2. The summed E-state index contributed by atoms with van der Waals surface area (Å²) in [6, 6.07) is 13.7. The molecular formula is C20H10Cl2N2O2. The van der Waals surface area contributed by atoms with Gasteiger partial charge in [0, 0.05) is 21.2 Å². The first-order valence-electron chi connectivity index (χ1n) is 7.92. The first-order valence-corrected chi connectivity index (χ1v) is 8.68. The lowest BCUT2D eigenvalue weighted by molar-refractivity contribution is 1.46. The Morgan fingerprint density at radius 3 is 2.08 bits per heavy atom. The van der Waals surface area contributed by atoms with Crippen LogP contribution in [0.4, 0.5) is 0 Å². The van der Waals surface area contributed by atoms with E-state index in [9.17, 15) is 9.59 Å². The summed E-state index contributed by atoms with van der Waals surface area (Å²) in [5.41, 5.74) is 2.15. The van der Waals surface area contributed by atoms with Crippen LogP contribution in [0.5, 0.6) is 0 Å². The second-order valence-electron chi connectivity index (χ2n) is 6.20. The van der Waals surface area contributed by atoms with Gasteiger partial charge in [-0.15, -0.1) is 0 Å². The minimum Gasteiger partial charge on any atom is -0.354 e. The third-order valence-corrected chi connectivity index (χ3v) is 5.20. The number of aromatic amines is 2. The molecule has 26 heavy (non-hydrogen) atoms. The summed E-state index contributed by atoms with van der Waals surface area (Å²) in [6.07, 6.45) is 0. The van der Waals surface area contributed by atoms with Crippen molar-refractivity contribution in [2.24, 2.45) is 0 Å². The highest BCUT2D eigenvalue weighted by atomic mass is 35.5. The van der Waals surface area contributed by atoms with Gasteiger partial charge in [-0.3, -0.25) is 9.59 Å². The molecule has 0 radical (unpaired) electrons. The third kappa shape index (κ3) is 2.09. The van der Waals surface area contributed by atoms with E-state index in [2.05, 4.69) is 9.97 Å². The predicted molar refractivity (Wildman–Crippen MR) is 108 cm³/mol. The summed E-state index contributed by atoms with van der Waals surface area (Å²) in [6.45, 7) is 0. The third-order valence-electron chi connectivity index (χ3n) is 4.65. The molecule has 0 atom stereocenters. The van der Waals surface area contributed by atoms with Crippen LogP contribution in [-0.2, 0) is 0 Å². The molecule has 0 saturated carbocycles. The molecule has 2 heterocycles. The minimum atomic E-state index is -0.173. The van der Waals surface area contributed by atoms with Crippen LogP contribution in [-0.4, -0.2) is 9.97 Å². The van der Waals surface area contributed by atoms with Crippen LogP contribution in [0.25, 0.3) is 43.6 Å². The van der Waals surface area contributed by atoms with Gasteiger partial charge in [0.2, 0.25) is 0 Å². The first-order chi connectivity index (χ1) is 12.5. The quantitative estimate of drug-likeness (QED) is 0.372. The Hall–Kier alpha value is -2.82. The lowest BCUT2D eigenvalue weighted by Gasteiger charge is -2.07. The van der Waals surface area contributed by atoms with Crippen molar-refractivity contribution in [1.82, 2.24) is 9.97 Å². The molecule has 6 heteroatoms. The topological polar surface area (TPSA) is 65.7 Å². The molecule has 5 aromatic rings. The number of halogens is 2. The number of pyridine rings is 2. The monoisotopic (exact) mass is 380 g/mol. The molecule has 0 aliphatic heterocycles. The van der Waals surface area contributed by atoms with E-state index < -0.39 is 0 Å². The van der Waals surface area contributed by atoms with Crippen LogP contribution in [0, 0.1) is 0 Å². The lowest BCUT2D eigenvalue weighted by Crippen LogP contribution is -2.08. The molecule has 0 saturated heterocycles. The molecule has 4 nitrogen and oxygen atoms in total. The summed E-state index contributed by atoms with van der Waals surface area (Å²) in [4.78, 5) is 32.2. The highest BCUT2D eigenvalue weighted by Gasteiger charge is 2.12. The van der Waals surface area contributed by atoms with Gasteiger partial charge < -0.3 is 9.97 Å². The van der Waals surface area contributed by atoms with Crippen molar-refractivity contribution >= 4 is 66.8 Å². The smallest absolute Gasteiger partial charge is 0.198 e. The maximum atomic E-state index is 12.9. The summed E-state index contributed by atoms with van der Waals surface area (Å²) >= 11 is 12.2. The molecule has 0 aliphatic rings. The molecule has 0 aliphatic carbocycles. The zero-order valence-corrected chi connectivity index (χ0v) is 14.7.